The van der Waals surface area contributed by atoms with E-state index in [1.165, 1.54) is 0 Å². The quantitative estimate of drug-likeness (QED) is 0.899. The molecular formula is C15H20N2O3. The second-order valence-corrected chi connectivity index (χ2v) is 5.11. The van der Waals surface area contributed by atoms with Crippen LogP contribution in [0.15, 0.2) is 30.3 Å². The van der Waals surface area contributed by atoms with Gasteiger partial charge in [-0.3, -0.25) is 9.69 Å². The average molecular weight is 276 g/mol. The molecule has 1 aliphatic carbocycles. The maximum absolute atomic E-state index is 12.5. The number of benzene rings is 1. The van der Waals surface area contributed by atoms with Gasteiger partial charge in [-0.1, -0.05) is 18.2 Å². The Labute approximate surface area is 118 Å². The Balaban J connectivity index is 2.12. The van der Waals surface area contributed by atoms with Gasteiger partial charge in [0.2, 0.25) is 0 Å². The Morgan fingerprint density at radius 2 is 1.90 bits per heavy atom. The van der Waals surface area contributed by atoms with E-state index in [9.17, 15) is 9.59 Å². The van der Waals surface area contributed by atoms with Crippen molar-refractivity contribution in [3.05, 3.63) is 30.3 Å². The van der Waals surface area contributed by atoms with Gasteiger partial charge in [0, 0.05) is 25.3 Å². The maximum atomic E-state index is 12.5. The van der Waals surface area contributed by atoms with Gasteiger partial charge in [-0.15, -0.1) is 0 Å². The highest BCUT2D eigenvalue weighted by atomic mass is 16.4. The molecule has 1 aromatic carbocycles. The van der Waals surface area contributed by atoms with Crippen LogP contribution in [0.4, 0.5) is 10.5 Å². The van der Waals surface area contributed by atoms with Crippen LogP contribution in [0.1, 0.15) is 25.7 Å². The number of carbonyl (C=O) groups excluding carboxylic acids is 1. The number of aliphatic carboxylic acids is 1. The summed E-state index contributed by atoms with van der Waals surface area (Å²) in [6, 6.07) is 9.39. The predicted molar refractivity (Wildman–Crippen MR) is 76.8 cm³/mol. The lowest BCUT2D eigenvalue weighted by Gasteiger charge is -2.38. The van der Waals surface area contributed by atoms with Crippen LogP contribution in [0.25, 0.3) is 0 Å². The number of hydrogen-bond acceptors (Lipinski definition) is 2. The molecule has 5 nitrogen and oxygen atoms in total. The topological polar surface area (TPSA) is 60.9 Å². The van der Waals surface area contributed by atoms with Crippen LogP contribution in [0.5, 0.6) is 0 Å². The molecule has 0 aliphatic heterocycles. The molecule has 108 valence electrons. The third kappa shape index (κ3) is 3.29. The number of nitrogens with zero attached hydrogens (tertiary/aromatic N) is 2. The molecule has 5 heteroatoms. The van der Waals surface area contributed by atoms with E-state index in [0.717, 1.165) is 24.9 Å². The molecule has 2 amide bonds. The number of urea groups is 1. The summed E-state index contributed by atoms with van der Waals surface area (Å²) < 4.78 is 0. The van der Waals surface area contributed by atoms with Crippen molar-refractivity contribution in [3.63, 3.8) is 0 Å². The van der Waals surface area contributed by atoms with Gasteiger partial charge < -0.3 is 10.0 Å². The summed E-state index contributed by atoms with van der Waals surface area (Å²) in [6.45, 7) is 0.190. The lowest BCUT2D eigenvalue weighted by Crippen LogP contribution is -2.49. The average Bonchev–Trinajstić information content (AvgIpc) is 2.37. The van der Waals surface area contributed by atoms with E-state index >= 15 is 0 Å². The number of carbonyl (C=O) groups is 2. The standard InChI is InChI=1S/C15H20N2O3/c1-16(12-8-5-9-12)15(20)17(11-10-14(18)19)13-6-3-2-4-7-13/h2-4,6-7,12H,5,8-11H2,1H3,(H,18,19). The van der Waals surface area contributed by atoms with E-state index in [2.05, 4.69) is 0 Å². The van der Waals surface area contributed by atoms with Crippen LogP contribution >= 0.6 is 0 Å². The molecular weight excluding hydrogens is 256 g/mol. The van der Waals surface area contributed by atoms with Gasteiger partial charge in [-0.2, -0.15) is 0 Å². The first kappa shape index (κ1) is 14.4. The minimum Gasteiger partial charge on any atom is -0.481 e. The second kappa shape index (κ2) is 6.41. The molecule has 1 aromatic rings. The van der Waals surface area contributed by atoms with Crippen LogP contribution < -0.4 is 4.90 Å². The lowest BCUT2D eigenvalue weighted by atomic mass is 9.92. The first-order valence-corrected chi connectivity index (χ1v) is 6.91. The fourth-order valence-corrected chi connectivity index (χ4v) is 2.27. The predicted octanol–water partition coefficient (Wildman–Crippen LogP) is 2.57. The van der Waals surface area contributed by atoms with Crippen LogP contribution in [0.3, 0.4) is 0 Å². The van der Waals surface area contributed by atoms with Crippen molar-refractivity contribution in [2.24, 2.45) is 0 Å². The number of hydrogen-bond donors (Lipinski definition) is 1. The summed E-state index contributed by atoms with van der Waals surface area (Å²) in [5.41, 5.74) is 0.741. The summed E-state index contributed by atoms with van der Waals surface area (Å²) in [5, 5.41) is 8.84. The van der Waals surface area contributed by atoms with Gasteiger partial charge in [0.25, 0.3) is 0 Å². The van der Waals surface area contributed by atoms with Crippen molar-refractivity contribution < 1.29 is 14.7 Å². The van der Waals surface area contributed by atoms with Crippen molar-refractivity contribution in [1.29, 1.82) is 0 Å². The fourth-order valence-electron chi connectivity index (χ4n) is 2.27. The van der Waals surface area contributed by atoms with Gasteiger partial charge in [0.05, 0.1) is 6.42 Å². The molecule has 1 fully saturated rings. The highest BCUT2D eigenvalue weighted by Gasteiger charge is 2.29. The van der Waals surface area contributed by atoms with Crippen molar-refractivity contribution in [1.82, 2.24) is 4.90 Å². The van der Waals surface area contributed by atoms with Gasteiger partial charge in [0.15, 0.2) is 0 Å². The van der Waals surface area contributed by atoms with E-state index in [-0.39, 0.29) is 19.0 Å². The van der Waals surface area contributed by atoms with E-state index in [4.69, 9.17) is 5.11 Å². The van der Waals surface area contributed by atoms with Crippen molar-refractivity contribution in [3.8, 4) is 0 Å². The van der Waals surface area contributed by atoms with Gasteiger partial charge >= 0.3 is 12.0 Å². The molecule has 0 aromatic heterocycles. The number of para-hydroxylation sites is 1. The monoisotopic (exact) mass is 276 g/mol. The van der Waals surface area contributed by atoms with Gasteiger partial charge in [-0.25, -0.2) is 4.79 Å². The molecule has 0 heterocycles. The fraction of sp³-hybridized carbons (Fsp3) is 0.467. The van der Waals surface area contributed by atoms with Gasteiger partial charge in [0.1, 0.15) is 0 Å². The molecule has 20 heavy (non-hydrogen) atoms. The van der Waals surface area contributed by atoms with Crippen LogP contribution in [0, 0.1) is 0 Å². The number of rotatable bonds is 5. The maximum Gasteiger partial charge on any atom is 0.324 e. The SMILES string of the molecule is CN(C(=O)N(CCC(=O)O)c1ccccc1)C1CCC1. The van der Waals surface area contributed by atoms with Crippen LogP contribution in [-0.4, -0.2) is 41.6 Å². The number of carboxylic acid groups (broad SMARTS) is 1. The Kier molecular flexibility index (Phi) is 4.61. The zero-order valence-electron chi connectivity index (χ0n) is 11.7. The first-order chi connectivity index (χ1) is 9.59. The third-order valence-electron chi connectivity index (χ3n) is 3.77. The minimum atomic E-state index is -0.898. The zero-order chi connectivity index (χ0) is 14.5. The number of anilines is 1. The summed E-state index contributed by atoms with van der Waals surface area (Å²) in [6.07, 6.45) is 3.16. The molecule has 0 unspecified atom stereocenters. The number of amides is 2. The van der Waals surface area contributed by atoms with E-state index in [0.29, 0.717) is 6.04 Å². The summed E-state index contributed by atoms with van der Waals surface area (Å²) in [4.78, 5) is 26.6. The molecule has 1 N–H and O–H groups in total. The molecule has 0 spiro atoms. The van der Waals surface area contributed by atoms with Crippen LogP contribution in [0.2, 0.25) is 0 Å². The molecule has 0 radical (unpaired) electrons. The smallest absolute Gasteiger partial charge is 0.324 e. The van der Waals surface area contributed by atoms with E-state index < -0.39 is 5.97 Å². The largest absolute Gasteiger partial charge is 0.481 e. The zero-order valence-corrected chi connectivity index (χ0v) is 11.7. The van der Waals surface area contributed by atoms with Crippen LogP contribution in [-0.2, 0) is 4.79 Å². The summed E-state index contributed by atoms with van der Waals surface area (Å²) >= 11 is 0. The Morgan fingerprint density at radius 3 is 2.40 bits per heavy atom. The molecule has 2 rings (SSSR count). The second-order valence-electron chi connectivity index (χ2n) is 5.11. The molecule has 0 saturated heterocycles. The Hall–Kier alpha value is -2.04. The van der Waals surface area contributed by atoms with E-state index in [1.807, 2.05) is 30.3 Å². The third-order valence-corrected chi connectivity index (χ3v) is 3.77. The van der Waals surface area contributed by atoms with Gasteiger partial charge in [-0.05, 0) is 31.4 Å². The molecule has 1 saturated carbocycles. The highest BCUT2D eigenvalue weighted by Crippen LogP contribution is 2.25. The Bertz CT molecular complexity index is 471. The molecule has 0 bridgehead atoms. The molecule has 0 atom stereocenters. The Morgan fingerprint density at radius 1 is 1.25 bits per heavy atom. The normalized spacial score (nSPS) is 14.4. The van der Waals surface area contributed by atoms with E-state index in [1.54, 1.807) is 16.8 Å². The number of carboxylic acids is 1. The van der Waals surface area contributed by atoms with Crippen molar-refractivity contribution >= 4 is 17.7 Å². The highest BCUT2D eigenvalue weighted by molar-refractivity contribution is 5.92. The van der Waals surface area contributed by atoms with Crippen molar-refractivity contribution in [2.75, 3.05) is 18.5 Å². The van der Waals surface area contributed by atoms with Crippen molar-refractivity contribution in [2.45, 2.75) is 31.7 Å². The minimum absolute atomic E-state index is 0.0564. The summed E-state index contributed by atoms with van der Waals surface area (Å²) in [7, 11) is 1.79. The first-order valence-electron chi connectivity index (χ1n) is 6.91. The molecule has 1 aliphatic rings. The lowest BCUT2D eigenvalue weighted by molar-refractivity contribution is -0.136. The summed E-state index contributed by atoms with van der Waals surface area (Å²) in [5.74, 6) is -0.898.